The number of aromatic nitrogens is 2. The molecule has 8 nitrogen and oxygen atoms in total. The van der Waals surface area contributed by atoms with E-state index >= 15 is 0 Å². The molecule has 0 saturated heterocycles. The van der Waals surface area contributed by atoms with Crippen LogP contribution in [0.15, 0.2) is 66.7 Å². The van der Waals surface area contributed by atoms with Crippen molar-refractivity contribution in [2.75, 3.05) is 19.5 Å². The normalized spacial score (nSPS) is 11.2. The predicted octanol–water partition coefficient (Wildman–Crippen LogP) is 4.98. The van der Waals surface area contributed by atoms with E-state index in [-0.39, 0.29) is 17.9 Å². The van der Waals surface area contributed by atoms with Crippen molar-refractivity contribution in [3.63, 3.8) is 0 Å². The van der Waals surface area contributed by atoms with Crippen LogP contribution in [0.4, 0.5) is 19.0 Å². The maximum Gasteiger partial charge on any atom is 0.493 e. The summed E-state index contributed by atoms with van der Waals surface area (Å²) in [6.07, 6.45) is -5.20. The van der Waals surface area contributed by atoms with Crippen LogP contribution in [0.25, 0.3) is 10.9 Å². The molecule has 0 atom stereocenters. The van der Waals surface area contributed by atoms with Gasteiger partial charge >= 0.3 is 12.1 Å². The van der Waals surface area contributed by atoms with Crippen LogP contribution >= 0.6 is 0 Å². The van der Waals surface area contributed by atoms with Gasteiger partial charge in [-0.15, -0.1) is 5.10 Å². The van der Waals surface area contributed by atoms with Crippen LogP contribution in [-0.4, -0.2) is 36.3 Å². The zero-order valence-corrected chi connectivity index (χ0v) is 18.6. The third-order valence-corrected chi connectivity index (χ3v) is 4.94. The number of rotatable bonds is 8. The van der Waals surface area contributed by atoms with Crippen molar-refractivity contribution in [3.05, 3.63) is 72.3 Å². The van der Waals surface area contributed by atoms with Crippen LogP contribution in [0.3, 0.4) is 0 Å². The number of nitrogens with zero attached hydrogens (tertiary/aromatic N) is 2. The summed E-state index contributed by atoms with van der Waals surface area (Å²) in [4.78, 5) is 16.5. The van der Waals surface area contributed by atoms with Gasteiger partial charge in [-0.05, 0) is 42.5 Å². The van der Waals surface area contributed by atoms with Gasteiger partial charge in [-0.3, -0.25) is 0 Å². The molecule has 0 saturated carbocycles. The van der Waals surface area contributed by atoms with Gasteiger partial charge in [0.25, 0.3) is 0 Å². The third-order valence-electron chi connectivity index (χ3n) is 4.94. The summed E-state index contributed by atoms with van der Waals surface area (Å²) >= 11 is 0. The number of benzene rings is 3. The molecule has 1 heterocycles. The highest BCUT2D eigenvalue weighted by atomic mass is 19.4. The molecule has 1 aromatic heterocycles. The third kappa shape index (κ3) is 5.24. The summed E-state index contributed by atoms with van der Waals surface area (Å²) < 4.78 is 55.1. The molecule has 4 aromatic rings. The lowest BCUT2D eigenvalue weighted by atomic mass is 10.1. The van der Waals surface area contributed by atoms with E-state index in [4.69, 9.17) is 14.2 Å². The fraction of sp³-hybridized carbons (Fsp3) is 0.167. The Morgan fingerprint density at radius 2 is 1.71 bits per heavy atom. The lowest BCUT2D eigenvalue weighted by Crippen LogP contribution is -2.33. The zero-order chi connectivity index (χ0) is 25.0. The summed E-state index contributed by atoms with van der Waals surface area (Å²) in [6.45, 7) is 0.166. The first-order valence-electron chi connectivity index (χ1n) is 10.3. The highest BCUT2D eigenvalue weighted by Gasteiger charge is 2.42. The number of nitrogens with one attached hydrogen (secondary N) is 1. The fourth-order valence-electron chi connectivity index (χ4n) is 3.33. The smallest absolute Gasteiger partial charge is 0.493 e. The van der Waals surface area contributed by atoms with E-state index in [9.17, 15) is 18.0 Å². The number of methoxy groups -OCH3 is 2. The summed E-state index contributed by atoms with van der Waals surface area (Å²) in [5.74, 6) is -0.330. The van der Waals surface area contributed by atoms with Gasteiger partial charge in [-0.2, -0.15) is 13.2 Å². The van der Waals surface area contributed by atoms with E-state index in [0.29, 0.717) is 38.8 Å². The molecule has 0 unspecified atom stereocenters. The minimum absolute atomic E-state index is 0.0936. The molecule has 11 heteroatoms. The van der Waals surface area contributed by atoms with E-state index in [0.717, 1.165) is 0 Å². The molecule has 35 heavy (non-hydrogen) atoms. The Balaban J connectivity index is 1.75. The molecule has 0 aliphatic rings. The van der Waals surface area contributed by atoms with Crippen LogP contribution in [0, 0.1) is 0 Å². The second-order valence-electron chi connectivity index (χ2n) is 7.19. The van der Waals surface area contributed by atoms with Crippen molar-refractivity contribution in [2.45, 2.75) is 12.7 Å². The molecule has 4 rings (SSSR count). The quantitative estimate of drug-likeness (QED) is 0.376. The van der Waals surface area contributed by atoms with Crippen LogP contribution in [0.5, 0.6) is 23.0 Å². The van der Waals surface area contributed by atoms with Crippen LogP contribution in [-0.2, 0) is 11.3 Å². The van der Waals surface area contributed by atoms with Crippen LogP contribution < -0.4 is 24.4 Å². The molecule has 0 bridgehead atoms. The Kier molecular flexibility index (Phi) is 6.67. The number of carbonyl (C=O) groups is 1. The molecular weight excluding hydrogens is 467 g/mol. The number of halogens is 3. The number of carbonyl (C=O) groups excluding carboxylic acids is 1. The van der Waals surface area contributed by atoms with E-state index in [2.05, 4.69) is 15.3 Å². The first-order valence-corrected chi connectivity index (χ1v) is 10.3. The number of hydrogen-bond acceptors (Lipinski definition) is 7. The first kappa shape index (κ1) is 23.7. The highest BCUT2D eigenvalue weighted by molar-refractivity contribution is 5.96. The molecule has 182 valence electrons. The van der Waals surface area contributed by atoms with E-state index in [1.54, 1.807) is 54.6 Å². The molecule has 0 radical (unpaired) electrons. The molecule has 3 aromatic carbocycles. The Bertz CT molecular complexity index is 1340. The molecule has 0 aliphatic heterocycles. The number of para-hydroxylation sites is 1. The summed E-state index contributed by atoms with van der Waals surface area (Å²) in [5, 5.41) is 7.45. The lowest BCUT2D eigenvalue weighted by Gasteiger charge is -2.12. The van der Waals surface area contributed by atoms with Crippen LogP contribution in [0.1, 0.15) is 5.56 Å². The van der Waals surface area contributed by atoms with Crippen LogP contribution in [0.2, 0.25) is 0 Å². The van der Waals surface area contributed by atoms with E-state index < -0.39 is 12.1 Å². The average molecular weight is 487 g/mol. The highest BCUT2D eigenvalue weighted by Crippen LogP contribution is 2.36. The topological polar surface area (TPSA) is 83.8 Å². The van der Waals surface area contributed by atoms with Gasteiger partial charge in [0.05, 0.1) is 19.6 Å². The van der Waals surface area contributed by atoms with E-state index in [1.807, 2.05) is 6.07 Å². The number of hydrogen-bond donors (Lipinski definition) is 1. The molecule has 0 fully saturated rings. The van der Waals surface area contributed by atoms with Gasteiger partial charge in [0, 0.05) is 12.1 Å². The van der Waals surface area contributed by atoms with Crippen molar-refractivity contribution < 1.29 is 37.0 Å². The van der Waals surface area contributed by atoms with Crippen molar-refractivity contribution >= 4 is 22.7 Å². The average Bonchev–Trinajstić information content (AvgIpc) is 3.20. The Labute approximate surface area is 197 Å². The van der Waals surface area contributed by atoms with Gasteiger partial charge in [0.1, 0.15) is 28.5 Å². The summed E-state index contributed by atoms with van der Waals surface area (Å²) in [7, 11) is 3.04. The Morgan fingerprint density at radius 3 is 2.40 bits per heavy atom. The second kappa shape index (κ2) is 9.84. The van der Waals surface area contributed by atoms with Crippen molar-refractivity contribution in [1.29, 1.82) is 0 Å². The second-order valence-corrected chi connectivity index (χ2v) is 7.19. The number of alkyl halides is 3. The lowest BCUT2D eigenvalue weighted by molar-refractivity contribution is -0.200. The van der Waals surface area contributed by atoms with Gasteiger partial charge < -0.3 is 24.4 Å². The summed E-state index contributed by atoms with van der Waals surface area (Å²) in [6, 6.07) is 18.7. The molecule has 1 N–H and O–H groups in total. The number of anilines is 1. The maximum absolute atomic E-state index is 12.9. The standard InChI is InChI=1S/C24H20F3N3O5/c1-32-17-11-12-19(33-2)15(13-17)14-28-22-21-18(30(29-22)35-23(31)24(25,26)27)9-6-10-20(21)34-16-7-4-3-5-8-16/h3-13H,14H2,1-2H3,(H,28,29). The van der Waals surface area contributed by atoms with Crippen molar-refractivity contribution in [1.82, 2.24) is 9.94 Å². The van der Waals surface area contributed by atoms with Gasteiger partial charge in [-0.25, -0.2) is 4.79 Å². The minimum atomic E-state index is -5.20. The number of fused-ring (bicyclic) bond motifs is 1. The summed E-state index contributed by atoms with van der Waals surface area (Å²) in [5.41, 5.74) is 0.791. The molecule has 0 amide bonds. The Morgan fingerprint density at radius 1 is 0.943 bits per heavy atom. The van der Waals surface area contributed by atoms with E-state index in [1.165, 1.54) is 20.3 Å². The SMILES string of the molecule is COc1ccc(OC)c(CNc2nn(OC(=O)C(F)(F)F)c3cccc(Oc4ccccc4)c23)c1. The Hall–Kier alpha value is -4.41. The van der Waals surface area contributed by atoms with Gasteiger partial charge in [0.2, 0.25) is 0 Å². The fourth-order valence-corrected chi connectivity index (χ4v) is 3.33. The minimum Gasteiger partial charge on any atom is -0.497 e. The van der Waals surface area contributed by atoms with Gasteiger partial charge in [-0.1, -0.05) is 29.1 Å². The largest absolute Gasteiger partial charge is 0.497 e. The zero-order valence-electron chi connectivity index (χ0n) is 18.6. The monoisotopic (exact) mass is 487 g/mol. The maximum atomic E-state index is 12.9. The molecule has 0 spiro atoms. The molecule has 0 aliphatic carbocycles. The predicted molar refractivity (Wildman–Crippen MR) is 121 cm³/mol. The van der Waals surface area contributed by atoms with Gasteiger partial charge in [0.15, 0.2) is 5.82 Å². The van der Waals surface area contributed by atoms with Crippen molar-refractivity contribution in [2.24, 2.45) is 0 Å². The number of ether oxygens (including phenoxy) is 3. The van der Waals surface area contributed by atoms with Crippen molar-refractivity contribution in [3.8, 4) is 23.0 Å². The molecular formula is C24H20F3N3O5. The first-order chi connectivity index (χ1) is 16.8.